The van der Waals surface area contributed by atoms with Gasteiger partial charge in [0.25, 0.3) is 0 Å². The van der Waals surface area contributed by atoms with Crippen molar-refractivity contribution in [2.24, 2.45) is 0 Å². The van der Waals surface area contributed by atoms with Crippen LogP contribution in [0.1, 0.15) is 40.5 Å². The average molecular weight is 219 g/mol. The van der Waals surface area contributed by atoms with Crippen LogP contribution in [0.3, 0.4) is 0 Å². The molecule has 0 spiro atoms. The first-order valence-electron chi connectivity index (χ1n) is 6.11. The first-order chi connectivity index (χ1) is 7.27. The number of likely N-dealkylation sites (tertiary alicyclic amines) is 1. The molecule has 94 valence electrons. The number of aliphatic hydroxyl groups is 1. The van der Waals surface area contributed by atoms with Crippen molar-refractivity contribution in [3.05, 3.63) is 0 Å². The molecule has 0 aromatic rings. The second-order valence-corrected chi connectivity index (χ2v) is 3.21. The maximum atomic E-state index is 8.94. The van der Waals surface area contributed by atoms with E-state index in [9.17, 15) is 0 Å². The first-order valence-corrected chi connectivity index (χ1v) is 6.11. The maximum absolute atomic E-state index is 8.94. The molecule has 3 heteroatoms. The summed E-state index contributed by atoms with van der Waals surface area (Å²) in [5, 5.41) is 8.94. The van der Waals surface area contributed by atoms with Gasteiger partial charge in [0.2, 0.25) is 0 Å². The van der Waals surface area contributed by atoms with Crippen molar-refractivity contribution in [3.8, 4) is 0 Å². The van der Waals surface area contributed by atoms with Gasteiger partial charge in [-0.3, -0.25) is 4.90 Å². The van der Waals surface area contributed by atoms with E-state index < -0.39 is 0 Å². The lowest BCUT2D eigenvalue weighted by molar-refractivity contribution is 0.00279. The second kappa shape index (κ2) is 12.0. The van der Waals surface area contributed by atoms with Gasteiger partial charge < -0.3 is 9.84 Å². The summed E-state index contributed by atoms with van der Waals surface area (Å²) in [5.41, 5.74) is 0. The third-order valence-corrected chi connectivity index (χ3v) is 2.48. The van der Waals surface area contributed by atoms with E-state index in [1.165, 1.54) is 0 Å². The van der Waals surface area contributed by atoms with E-state index in [2.05, 4.69) is 4.90 Å². The number of ether oxygens (including phenoxy) is 1. The second-order valence-electron chi connectivity index (χ2n) is 3.21. The zero-order valence-corrected chi connectivity index (χ0v) is 11.3. The highest BCUT2D eigenvalue weighted by Crippen LogP contribution is 2.16. The van der Waals surface area contributed by atoms with E-state index in [4.69, 9.17) is 9.84 Å². The molecule has 3 nitrogen and oxygen atoms in total. The molecule has 1 heterocycles. The number of hydrogen-bond donors (Lipinski definition) is 1. The Hall–Kier alpha value is -0.120. The maximum Gasteiger partial charge on any atom is 0.0698 e. The predicted molar refractivity (Wildman–Crippen MR) is 66.2 cm³/mol. The lowest BCUT2D eigenvalue weighted by Gasteiger charge is -2.35. The third-order valence-electron chi connectivity index (χ3n) is 2.48. The van der Waals surface area contributed by atoms with Gasteiger partial charge in [0, 0.05) is 19.7 Å². The van der Waals surface area contributed by atoms with E-state index in [-0.39, 0.29) is 6.61 Å². The topological polar surface area (TPSA) is 32.7 Å². The number of nitrogens with zero attached hydrogens (tertiary/aromatic N) is 1. The van der Waals surface area contributed by atoms with Gasteiger partial charge in [0.05, 0.1) is 12.7 Å². The highest BCUT2D eigenvalue weighted by molar-refractivity contribution is 4.78. The fraction of sp³-hybridized carbons (Fsp3) is 1.00. The quantitative estimate of drug-likeness (QED) is 0.772. The van der Waals surface area contributed by atoms with Gasteiger partial charge in [-0.05, 0) is 19.9 Å². The fourth-order valence-corrected chi connectivity index (χ4v) is 1.58. The molecule has 0 saturated carbocycles. The number of aliphatic hydroxyl groups excluding tert-OH is 1. The van der Waals surface area contributed by atoms with Crippen molar-refractivity contribution >= 4 is 0 Å². The Kier molecular flexibility index (Phi) is 13.8. The van der Waals surface area contributed by atoms with E-state index in [0.717, 1.165) is 19.4 Å². The van der Waals surface area contributed by atoms with Crippen molar-refractivity contribution in [2.45, 2.75) is 52.7 Å². The number of methoxy groups -OCH3 is 1. The van der Waals surface area contributed by atoms with Crippen LogP contribution in [0.2, 0.25) is 0 Å². The molecule has 0 bridgehead atoms. The van der Waals surface area contributed by atoms with Crippen molar-refractivity contribution in [2.75, 3.05) is 27.3 Å². The Morgan fingerprint density at radius 2 is 1.73 bits per heavy atom. The SMILES string of the molecule is CC.CC.CO[C@@H]1CC[C@H](CO)N(C)C1. The monoisotopic (exact) mass is 219 g/mol. The van der Waals surface area contributed by atoms with E-state index in [0.29, 0.717) is 12.1 Å². The lowest BCUT2D eigenvalue weighted by Crippen LogP contribution is -2.45. The number of rotatable bonds is 2. The molecule has 0 unspecified atom stereocenters. The summed E-state index contributed by atoms with van der Waals surface area (Å²) >= 11 is 0. The smallest absolute Gasteiger partial charge is 0.0698 e. The Morgan fingerprint density at radius 3 is 2.07 bits per heavy atom. The standard InChI is InChI=1S/C8H17NO2.2C2H6/c1-9-5-8(11-2)4-3-7(9)6-10;2*1-2/h7-8,10H,3-6H2,1-2H3;2*1-2H3/t7-,8-;;/m1../s1. The van der Waals surface area contributed by atoms with E-state index >= 15 is 0 Å². The van der Waals surface area contributed by atoms with Crippen LogP contribution in [0.4, 0.5) is 0 Å². The average Bonchev–Trinajstić information content (AvgIpc) is 2.34. The van der Waals surface area contributed by atoms with Gasteiger partial charge >= 0.3 is 0 Å². The van der Waals surface area contributed by atoms with Crippen LogP contribution in [0.5, 0.6) is 0 Å². The summed E-state index contributed by atoms with van der Waals surface area (Å²) in [7, 11) is 3.78. The van der Waals surface area contributed by atoms with Crippen molar-refractivity contribution < 1.29 is 9.84 Å². The molecule has 1 saturated heterocycles. The summed E-state index contributed by atoms with van der Waals surface area (Å²) in [5.74, 6) is 0. The van der Waals surface area contributed by atoms with Crippen LogP contribution in [-0.2, 0) is 4.74 Å². The van der Waals surface area contributed by atoms with Gasteiger partial charge in [0.1, 0.15) is 0 Å². The minimum atomic E-state index is 0.271. The fourth-order valence-electron chi connectivity index (χ4n) is 1.58. The lowest BCUT2D eigenvalue weighted by atomic mass is 10.0. The Labute approximate surface area is 95.4 Å². The molecule has 0 aromatic heterocycles. The molecule has 1 aliphatic rings. The summed E-state index contributed by atoms with van der Waals surface area (Å²) in [6, 6.07) is 0.349. The summed E-state index contributed by atoms with van der Waals surface area (Å²) in [4.78, 5) is 2.16. The molecule has 1 N–H and O–H groups in total. The summed E-state index contributed by atoms with van der Waals surface area (Å²) in [6.45, 7) is 9.22. The molecule has 1 fully saturated rings. The highest BCUT2D eigenvalue weighted by Gasteiger charge is 2.24. The minimum Gasteiger partial charge on any atom is -0.395 e. The van der Waals surface area contributed by atoms with Gasteiger partial charge in [-0.15, -0.1) is 0 Å². The van der Waals surface area contributed by atoms with E-state index in [1.807, 2.05) is 34.7 Å². The zero-order chi connectivity index (χ0) is 12.3. The van der Waals surface area contributed by atoms with Gasteiger partial charge in [-0.1, -0.05) is 27.7 Å². The molecular weight excluding hydrogens is 190 g/mol. The van der Waals surface area contributed by atoms with Crippen LogP contribution >= 0.6 is 0 Å². The highest BCUT2D eigenvalue weighted by atomic mass is 16.5. The van der Waals surface area contributed by atoms with Crippen LogP contribution in [0, 0.1) is 0 Å². The van der Waals surface area contributed by atoms with Gasteiger partial charge in [-0.2, -0.15) is 0 Å². The zero-order valence-electron chi connectivity index (χ0n) is 11.3. The largest absolute Gasteiger partial charge is 0.395 e. The minimum absolute atomic E-state index is 0.271. The van der Waals surface area contributed by atoms with Crippen LogP contribution in [0.25, 0.3) is 0 Å². The molecule has 2 atom stereocenters. The molecule has 1 rings (SSSR count). The number of hydrogen-bond acceptors (Lipinski definition) is 3. The molecule has 0 amide bonds. The molecule has 0 radical (unpaired) electrons. The van der Waals surface area contributed by atoms with Crippen molar-refractivity contribution in [1.82, 2.24) is 4.90 Å². The normalized spacial score (nSPS) is 25.8. The Morgan fingerprint density at radius 1 is 1.20 bits per heavy atom. The van der Waals surface area contributed by atoms with Gasteiger partial charge in [0.15, 0.2) is 0 Å². The van der Waals surface area contributed by atoms with Crippen LogP contribution in [-0.4, -0.2) is 49.5 Å². The molecule has 0 aromatic carbocycles. The van der Waals surface area contributed by atoms with Crippen molar-refractivity contribution in [1.29, 1.82) is 0 Å². The Balaban J connectivity index is 0. The number of likely N-dealkylation sites (N-methyl/N-ethyl adjacent to an activating group) is 1. The van der Waals surface area contributed by atoms with Crippen molar-refractivity contribution in [3.63, 3.8) is 0 Å². The molecule has 0 aliphatic carbocycles. The van der Waals surface area contributed by atoms with E-state index in [1.54, 1.807) is 7.11 Å². The van der Waals surface area contributed by atoms with Crippen LogP contribution in [0.15, 0.2) is 0 Å². The molecule has 1 aliphatic heterocycles. The molecule has 15 heavy (non-hydrogen) atoms. The summed E-state index contributed by atoms with van der Waals surface area (Å²) in [6.07, 6.45) is 2.49. The first kappa shape index (κ1) is 17.3. The predicted octanol–water partition coefficient (Wildman–Crippen LogP) is 2.14. The third kappa shape index (κ3) is 6.88. The molecular formula is C12H29NO2. The van der Waals surface area contributed by atoms with Crippen LogP contribution < -0.4 is 0 Å². The number of piperidine rings is 1. The summed E-state index contributed by atoms with van der Waals surface area (Å²) < 4.78 is 5.23. The Bertz CT molecular complexity index is 120. The van der Waals surface area contributed by atoms with Gasteiger partial charge in [-0.25, -0.2) is 0 Å².